The molecule has 18 heavy (non-hydrogen) atoms. The summed E-state index contributed by atoms with van der Waals surface area (Å²) in [5, 5.41) is 0. The fourth-order valence-electron chi connectivity index (χ4n) is 1.58. The monoisotopic (exact) mass is 286 g/mol. The zero-order valence-corrected chi connectivity index (χ0v) is 13.6. The molecule has 0 amide bonds. The van der Waals surface area contributed by atoms with Crippen LogP contribution in [0.25, 0.3) is 0 Å². The number of hydrogen-bond acceptors (Lipinski definition) is 4. The summed E-state index contributed by atoms with van der Waals surface area (Å²) in [5.74, 6) is 0. The molecule has 0 aromatic heterocycles. The Morgan fingerprint density at radius 3 is 2.00 bits per heavy atom. The summed E-state index contributed by atoms with van der Waals surface area (Å²) in [5.41, 5.74) is 0. The average Bonchev–Trinajstić information content (AvgIpc) is 2.24. The van der Waals surface area contributed by atoms with Crippen molar-refractivity contribution in [2.45, 2.75) is 64.7 Å². The molecule has 0 aliphatic carbocycles. The van der Waals surface area contributed by atoms with Crippen molar-refractivity contribution >= 4 is 30.9 Å². The zero-order valence-electron chi connectivity index (χ0n) is 11.3. The smallest absolute Gasteiger partial charge is 0.780 e. The Labute approximate surface area is 127 Å². The number of phosphoric ester groups is 1. The molecule has 0 heterocycles. The third-order valence-electron chi connectivity index (χ3n) is 2.51. The SMILES string of the molecule is CCCCCCCCCCC=COP(=O)([O-])[O-].[Mg+2]. The predicted molar refractivity (Wildman–Crippen MR) is 70.8 cm³/mol. The molecule has 0 atom stereocenters. The van der Waals surface area contributed by atoms with Gasteiger partial charge >= 0.3 is 23.1 Å². The van der Waals surface area contributed by atoms with E-state index in [9.17, 15) is 14.4 Å². The molecule has 0 aliphatic rings. The van der Waals surface area contributed by atoms with Crippen LogP contribution in [0.15, 0.2) is 12.3 Å². The Morgan fingerprint density at radius 2 is 1.50 bits per heavy atom. The van der Waals surface area contributed by atoms with Gasteiger partial charge in [0.2, 0.25) is 0 Å². The van der Waals surface area contributed by atoms with Crippen LogP contribution in [0, 0.1) is 0 Å². The van der Waals surface area contributed by atoms with Gasteiger partial charge in [0, 0.05) is 0 Å². The Kier molecular flexibility index (Phi) is 16.0. The fourth-order valence-corrected chi connectivity index (χ4v) is 1.82. The van der Waals surface area contributed by atoms with Gasteiger partial charge in [-0.05, 0) is 18.9 Å². The van der Waals surface area contributed by atoms with E-state index in [1.54, 1.807) is 6.08 Å². The second-order valence-corrected chi connectivity index (χ2v) is 5.29. The van der Waals surface area contributed by atoms with Crippen molar-refractivity contribution in [1.82, 2.24) is 0 Å². The molecule has 4 nitrogen and oxygen atoms in total. The summed E-state index contributed by atoms with van der Waals surface area (Å²) >= 11 is 0. The summed E-state index contributed by atoms with van der Waals surface area (Å²) in [7, 11) is -4.83. The summed E-state index contributed by atoms with van der Waals surface area (Å²) in [6.07, 6.45) is 13.2. The molecule has 0 bridgehead atoms. The topological polar surface area (TPSA) is 72.4 Å². The molecule has 0 fully saturated rings. The minimum atomic E-state index is -4.83. The van der Waals surface area contributed by atoms with Crippen LogP contribution in [0.2, 0.25) is 0 Å². The van der Waals surface area contributed by atoms with Gasteiger partial charge in [0.1, 0.15) is 7.82 Å². The van der Waals surface area contributed by atoms with E-state index in [2.05, 4.69) is 11.4 Å². The summed E-state index contributed by atoms with van der Waals surface area (Å²) in [6.45, 7) is 2.21. The van der Waals surface area contributed by atoms with Crippen LogP contribution in [0.5, 0.6) is 0 Å². The molecule has 0 spiro atoms. The van der Waals surface area contributed by atoms with E-state index in [0.717, 1.165) is 25.5 Å². The van der Waals surface area contributed by atoms with Crippen LogP contribution < -0.4 is 9.79 Å². The minimum Gasteiger partial charge on any atom is -0.780 e. The third-order valence-corrected chi connectivity index (χ3v) is 2.89. The minimum absolute atomic E-state index is 0. The van der Waals surface area contributed by atoms with Gasteiger partial charge in [0.05, 0.1) is 6.26 Å². The molecule has 6 heteroatoms. The largest absolute Gasteiger partial charge is 2.00 e. The van der Waals surface area contributed by atoms with Crippen molar-refractivity contribution in [3.05, 3.63) is 12.3 Å². The predicted octanol–water partition coefficient (Wildman–Crippen LogP) is 2.50. The molecule has 0 rings (SSSR count). The molecule has 0 radical (unpaired) electrons. The normalized spacial score (nSPS) is 11.5. The Bertz CT molecular complexity index is 240. The maximum Gasteiger partial charge on any atom is 2.00 e. The molecule has 0 aliphatic heterocycles. The standard InChI is InChI=1S/C12H25O4P.Mg/c1-2-3-4-5-6-7-8-9-10-11-12-16-17(13,14)15;/h11-12H,2-10H2,1H3,(H2,13,14,15);/q;+2/p-2. The van der Waals surface area contributed by atoms with Crippen molar-refractivity contribution in [2.24, 2.45) is 0 Å². The Balaban J connectivity index is 0. The van der Waals surface area contributed by atoms with Crippen molar-refractivity contribution in [1.29, 1.82) is 0 Å². The molecule has 0 saturated carbocycles. The van der Waals surface area contributed by atoms with E-state index in [1.165, 1.54) is 38.5 Å². The molecule has 102 valence electrons. The van der Waals surface area contributed by atoms with E-state index in [1.807, 2.05) is 0 Å². The first-order chi connectivity index (χ1) is 8.06. The van der Waals surface area contributed by atoms with E-state index in [0.29, 0.717) is 0 Å². The van der Waals surface area contributed by atoms with Crippen LogP contribution in [-0.4, -0.2) is 23.1 Å². The van der Waals surface area contributed by atoms with Gasteiger partial charge in [0.25, 0.3) is 0 Å². The van der Waals surface area contributed by atoms with Gasteiger partial charge in [-0.2, -0.15) is 0 Å². The first-order valence-electron chi connectivity index (χ1n) is 6.41. The average molecular weight is 287 g/mol. The van der Waals surface area contributed by atoms with Crippen LogP contribution in [0.4, 0.5) is 0 Å². The zero-order chi connectivity index (χ0) is 13.0. The van der Waals surface area contributed by atoms with Gasteiger partial charge in [-0.3, -0.25) is 0 Å². The van der Waals surface area contributed by atoms with Crippen molar-refractivity contribution in [2.75, 3.05) is 0 Å². The summed E-state index contributed by atoms with van der Waals surface area (Å²) < 4.78 is 14.1. The molecule has 0 aromatic carbocycles. The summed E-state index contributed by atoms with van der Waals surface area (Å²) in [4.78, 5) is 20.2. The Morgan fingerprint density at radius 1 is 1.00 bits per heavy atom. The quantitative estimate of drug-likeness (QED) is 0.253. The maximum atomic E-state index is 10.1. The third kappa shape index (κ3) is 18.8. The van der Waals surface area contributed by atoms with E-state index < -0.39 is 7.82 Å². The Hall–Kier alpha value is 0.456. The van der Waals surface area contributed by atoms with Gasteiger partial charge in [-0.15, -0.1) is 0 Å². The summed E-state index contributed by atoms with van der Waals surface area (Å²) in [6, 6.07) is 0. The molecular formula is C12H23MgO4P. The van der Waals surface area contributed by atoms with Gasteiger partial charge < -0.3 is 18.9 Å². The first kappa shape index (κ1) is 20.8. The molecular weight excluding hydrogens is 263 g/mol. The van der Waals surface area contributed by atoms with E-state index >= 15 is 0 Å². The fraction of sp³-hybridized carbons (Fsp3) is 0.833. The van der Waals surface area contributed by atoms with Gasteiger partial charge in [-0.25, -0.2) is 0 Å². The number of rotatable bonds is 11. The first-order valence-corrected chi connectivity index (χ1v) is 7.88. The molecule has 0 aromatic rings. The van der Waals surface area contributed by atoms with Gasteiger partial charge in [-0.1, -0.05) is 51.9 Å². The van der Waals surface area contributed by atoms with Crippen molar-refractivity contribution in [3.63, 3.8) is 0 Å². The van der Waals surface area contributed by atoms with Crippen molar-refractivity contribution in [3.8, 4) is 0 Å². The van der Waals surface area contributed by atoms with Crippen LogP contribution in [0.1, 0.15) is 64.7 Å². The van der Waals surface area contributed by atoms with E-state index in [-0.39, 0.29) is 23.1 Å². The van der Waals surface area contributed by atoms with E-state index in [4.69, 9.17) is 0 Å². The number of hydrogen-bond donors (Lipinski definition) is 0. The molecule has 0 N–H and O–H groups in total. The number of allylic oxidation sites excluding steroid dienone is 1. The maximum absolute atomic E-state index is 10.1. The van der Waals surface area contributed by atoms with Crippen LogP contribution in [-0.2, 0) is 9.09 Å². The van der Waals surface area contributed by atoms with Crippen molar-refractivity contribution < 1.29 is 18.9 Å². The number of unbranched alkanes of at least 4 members (excludes halogenated alkanes) is 8. The molecule has 0 unspecified atom stereocenters. The second kappa shape index (κ2) is 13.9. The van der Waals surface area contributed by atoms with Gasteiger partial charge in [0.15, 0.2) is 0 Å². The van der Waals surface area contributed by atoms with Crippen LogP contribution >= 0.6 is 7.82 Å². The number of phosphoric acid groups is 1. The second-order valence-electron chi connectivity index (χ2n) is 4.19. The molecule has 0 saturated heterocycles. The van der Waals surface area contributed by atoms with Crippen LogP contribution in [0.3, 0.4) is 0 Å².